The van der Waals surface area contributed by atoms with Crippen molar-refractivity contribution in [2.75, 3.05) is 7.11 Å². The molecule has 0 saturated heterocycles. The molecule has 0 N–H and O–H groups in total. The highest BCUT2D eigenvalue weighted by Gasteiger charge is 2.10. The molecule has 0 aliphatic rings. The largest absolute Gasteiger partial charge is 0.496 e. The van der Waals surface area contributed by atoms with Crippen LogP contribution in [-0.2, 0) is 6.61 Å². The number of rotatable bonds is 4. The minimum absolute atomic E-state index is 0.447. The van der Waals surface area contributed by atoms with Crippen molar-refractivity contribution < 1.29 is 9.47 Å². The Bertz CT molecular complexity index is 584. The van der Waals surface area contributed by atoms with E-state index >= 15 is 0 Å². The number of benzene rings is 1. The van der Waals surface area contributed by atoms with Gasteiger partial charge in [0.05, 0.1) is 16.4 Å². The van der Waals surface area contributed by atoms with Gasteiger partial charge in [-0.2, -0.15) is 0 Å². The fourth-order valence-electron chi connectivity index (χ4n) is 1.92. The van der Waals surface area contributed by atoms with Crippen LogP contribution in [0.3, 0.4) is 0 Å². The fourth-order valence-corrected chi connectivity index (χ4v) is 2.47. The van der Waals surface area contributed by atoms with Crippen LogP contribution >= 0.6 is 22.6 Å². The number of aromatic nitrogens is 1. The van der Waals surface area contributed by atoms with E-state index in [0.717, 1.165) is 31.9 Å². The van der Waals surface area contributed by atoms with E-state index < -0.39 is 0 Å². The predicted molar refractivity (Wildman–Crippen MR) is 83.8 cm³/mol. The quantitative estimate of drug-likeness (QED) is 0.767. The average molecular weight is 369 g/mol. The molecule has 0 aliphatic carbocycles. The van der Waals surface area contributed by atoms with E-state index in [-0.39, 0.29) is 0 Å². The lowest BCUT2D eigenvalue weighted by Crippen LogP contribution is -2.04. The van der Waals surface area contributed by atoms with Gasteiger partial charge >= 0.3 is 0 Å². The predicted octanol–water partition coefficient (Wildman–Crippen LogP) is 3.89. The van der Waals surface area contributed by atoms with Crippen molar-refractivity contribution in [1.29, 1.82) is 0 Å². The zero-order valence-corrected chi connectivity index (χ0v) is 13.4. The van der Waals surface area contributed by atoms with Gasteiger partial charge in [0, 0.05) is 17.3 Å². The summed E-state index contributed by atoms with van der Waals surface area (Å²) in [7, 11) is 1.68. The number of para-hydroxylation sites is 1. The first kappa shape index (κ1) is 14.1. The molecule has 0 aliphatic heterocycles. The molecule has 1 aromatic carbocycles. The molecule has 1 aromatic heterocycles. The minimum Gasteiger partial charge on any atom is -0.496 e. The lowest BCUT2D eigenvalue weighted by atomic mass is 10.1. The van der Waals surface area contributed by atoms with E-state index in [1.807, 2.05) is 44.3 Å². The van der Waals surface area contributed by atoms with Crippen molar-refractivity contribution in [2.24, 2.45) is 0 Å². The molecule has 2 aromatic rings. The molecule has 0 atom stereocenters. The van der Waals surface area contributed by atoms with Gasteiger partial charge in [-0.05, 0) is 48.6 Å². The standard InChI is InChI=1S/C15H16INO2/c1-10-8-17-13(11(2)15(10)18-3)9-19-14-7-5-4-6-12(14)16/h4-8H,9H2,1-3H3. The number of ether oxygens (including phenoxy) is 2. The second-order valence-electron chi connectivity index (χ2n) is 4.27. The Morgan fingerprint density at radius 1 is 1.21 bits per heavy atom. The molecule has 0 radical (unpaired) electrons. The minimum atomic E-state index is 0.447. The van der Waals surface area contributed by atoms with Crippen LogP contribution in [0, 0.1) is 17.4 Å². The molecular formula is C15H16INO2. The van der Waals surface area contributed by atoms with Crippen molar-refractivity contribution >= 4 is 22.6 Å². The number of aryl methyl sites for hydroxylation is 1. The Balaban J connectivity index is 2.19. The van der Waals surface area contributed by atoms with Gasteiger partial charge in [-0.15, -0.1) is 0 Å². The second-order valence-corrected chi connectivity index (χ2v) is 5.43. The molecule has 1 heterocycles. The summed E-state index contributed by atoms with van der Waals surface area (Å²) in [5, 5.41) is 0. The molecule has 3 nitrogen and oxygen atoms in total. The van der Waals surface area contributed by atoms with Crippen LogP contribution in [0.15, 0.2) is 30.5 Å². The summed E-state index contributed by atoms with van der Waals surface area (Å²) in [6.45, 7) is 4.44. The van der Waals surface area contributed by atoms with Gasteiger partial charge in [-0.3, -0.25) is 4.98 Å². The molecule has 4 heteroatoms. The number of halogens is 1. The Kier molecular flexibility index (Phi) is 4.63. The van der Waals surface area contributed by atoms with Crippen molar-refractivity contribution in [2.45, 2.75) is 20.5 Å². The van der Waals surface area contributed by atoms with Crippen LogP contribution in [0.1, 0.15) is 16.8 Å². The lowest BCUT2D eigenvalue weighted by molar-refractivity contribution is 0.296. The third kappa shape index (κ3) is 3.18. The van der Waals surface area contributed by atoms with Crippen LogP contribution < -0.4 is 9.47 Å². The monoisotopic (exact) mass is 369 g/mol. The molecule has 2 rings (SSSR count). The SMILES string of the molecule is COc1c(C)cnc(COc2ccccc2I)c1C. The van der Waals surface area contributed by atoms with Crippen LogP contribution in [0.5, 0.6) is 11.5 Å². The maximum absolute atomic E-state index is 5.82. The summed E-state index contributed by atoms with van der Waals surface area (Å²) < 4.78 is 12.3. The molecule has 100 valence electrons. The summed E-state index contributed by atoms with van der Waals surface area (Å²) in [6, 6.07) is 7.94. The van der Waals surface area contributed by atoms with E-state index in [1.54, 1.807) is 7.11 Å². The molecule has 19 heavy (non-hydrogen) atoms. The van der Waals surface area contributed by atoms with Crippen molar-refractivity contribution in [3.8, 4) is 11.5 Å². The molecule has 0 spiro atoms. The summed E-state index contributed by atoms with van der Waals surface area (Å²) in [6.07, 6.45) is 1.82. The first-order valence-electron chi connectivity index (χ1n) is 6.00. The van der Waals surface area contributed by atoms with E-state index in [2.05, 4.69) is 27.6 Å². The van der Waals surface area contributed by atoms with E-state index in [4.69, 9.17) is 9.47 Å². The van der Waals surface area contributed by atoms with Gasteiger partial charge in [-0.1, -0.05) is 12.1 Å². The maximum Gasteiger partial charge on any atom is 0.133 e. The van der Waals surface area contributed by atoms with Gasteiger partial charge in [0.25, 0.3) is 0 Å². The number of methoxy groups -OCH3 is 1. The molecule has 0 saturated carbocycles. The Labute approximate surface area is 127 Å². The lowest BCUT2D eigenvalue weighted by Gasteiger charge is -2.13. The second kappa shape index (κ2) is 6.23. The Morgan fingerprint density at radius 3 is 2.63 bits per heavy atom. The van der Waals surface area contributed by atoms with Crippen molar-refractivity contribution in [3.63, 3.8) is 0 Å². The Morgan fingerprint density at radius 2 is 1.95 bits per heavy atom. The highest BCUT2D eigenvalue weighted by atomic mass is 127. The molecule has 0 fully saturated rings. The molecule has 0 unspecified atom stereocenters. The third-order valence-corrected chi connectivity index (χ3v) is 3.84. The summed E-state index contributed by atoms with van der Waals surface area (Å²) in [5.74, 6) is 1.76. The van der Waals surface area contributed by atoms with Crippen molar-refractivity contribution in [3.05, 3.63) is 50.9 Å². The van der Waals surface area contributed by atoms with E-state index in [0.29, 0.717) is 6.61 Å². The Hall–Kier alpha value is -1.30. The van der Waals surface area contributed by atoms with Crippen LogP contribution in [-0.4, -0.2) is 12.1 Å². The first-order valence-corrected chi connectivity index (χ1v) is 7.07. The number of pyridine rings is 1. The van der Waals surface area contributed by atoms with Gasteiger partial charge in [0.15, 0.2) is 0 Å². The molecular weight excluding hydrogens is 353 g/mol. The summed E-state index contributed by atoms with van der Waals surface area (Å²) >= 11 is 2.26. The smallest absolute Gasteiger partial charge is 0.133 e. The highest BCUT2D eigenvalue weighted by molar-refractivity contribution is 14.1. The summed E-state index contributed by atoms with van der Waals surface area (Å²) in [5.41, 5.74) is 2.98. The summed E-state index contributed by atoms with van der Waals surface area (Å²) in [4.78, 5) is 4.42. The molecule has 0 amide bonds. The fraction of sp³-hybridized carbons (Fsp3) is 0.267. The number of hydrogen-bond donors (Lipinski definition) is 0. The van der Waals surface area contributed by atoms with E-state index in [1.165, 1.54) is 0 Å². The number of nitrogens with zero attached hydrogens (tertiary/aromatic N) is 1. The van der Waals surface area contributed by atoms with Crippen LogP contribution in [0.4, 0.5) is 0 Å². The highest BCUT2D eigenvalue weighted by Crippen LogP contribution is 2.26. The van der Waals surface area contributed by atoms with Crippen LogP contribution in [0.2, 0.25) is 0 Å². The van der Waals surface area contributed by atoms with Crippen LogP contribution in [0.25, 0.3) is 0 Å². The van der Waals surface area contributed by atoms with Gasteiger partial charge < -0.3 is 9.47 Å². The number of hydrogen-bond acceptors (Lipinski definition) is 3. The zero-order chi connectivity index (χ0) is 13.8. The van der Waals surface area contributed by atoms with Gasteiger partial charge in [0.2, 0.25) is 0 Å². The maximum atomic E-state index is 5.82. The van der Waals surface area contributed by atoms with Gasteiger partial charge in [0.1, 0.15) is 18.1 Å². The average Bonchev–Trinajstić information content (AvgIpc) is 2.40. The van der Waals surface area contributed by atoms with Gasteiger partial charge in [-0.25, -0.2) is 0 Å². The molecule has 0 bridgehead atoms. The first-order chi connectivity index (χ1) is 9.13. The third-order valence-electron chi connectivity index (χ3n) is 2.95. The topological polar surface area (TPSA) is 31.4 Å². The normalized spacial score (nSPS) is 10.3. The van der Waals surface area contributed by atoms with E-state index in [9.17, 15) is 0 Å². The zero-order valence-electron chi connectivity index (χ0n) is 11.2. The van der Waals surface area contributed by atoms with Crippen molar-refractivity contribution in [1.82, 2.24) is 4.98 Å².